The quantitative estimate of drug-likeness (QED) is 0.0890. The van der Waals surface area contributed by atoms with E-state index in [9.17, 15) is 34.2 Å². The third-order valence-corrected chi connectivity index (χ3v) is 15.8. The van der Waals surface area contributed by atoms with E-state index in [1.54, 1.807) is 41.1 Å². The van der Waals surface area contributed by atoms with Crippen molar-refractivity contribution in [2.75, 3.05) is 47.7 Å². The molecule has 0 aromatic carbocycles. The SMILES string of the molecule is COCCOC1CC2CCC(C)C(O)(O2)C(=O)C(=O)N2CCCCC2C(=O)OC(C(C)CC2CCC(OCCc3nn[nH]n3)C(OC)C2)CC(=O)C(C)/C=C(\C)C(O)C(OC)C(=O)C(C)CC(C)/C=C/C=C/C=C/1C. The van der Waals surface area contributed by atoms with Crippen molar-refractivity contribution in [1.29, 1.82) is 0 Å². The van der Waals surface area contributed by atoms with E-state index in [1.165, 1.54) is 12.0 Å². The number of aliphatic hydroxyl groups is 2. The third kappa shape index (κ3) is 17.3. The highest BCUT2D eigenvalue weighted by Gasteiger charge is 2.53. The van der Waals surface area contributed by atoms with Crippen LogP contribution in [0.5, 0.6) is 0 Å². The van der Waals surface area contributed by atoms with E-state index >= 15 is 0 Å². The second-order valence-corrected chi connectivity index (χ2v) is 21.6. The number of hydrogen-bond acceptors (Lipinski definition) is 17. The van der Waals surface area contributed by atoms with Gasteiger partial charge in [-0.1, -0.05) is 76.3 Å². The largest absolute Gasteiger partial charge is 0.460 e. The van der Waals surface area contributed by atoms with E-state index in [1.807, 2.05) is 58.1 Å². The maximum atomic E-state index is 14.6. The van der Waals surface area contributed by atoms with Gasteiger partial charge in [-0.3, -0.25) is 19.2 Å². The molecule has 1 amide bonds. The molecule has 1 aromatic heterocycles. The van der Waals surface area contributed by atoms with Crippen LogP contribution >= 0.6 is 0 Å². The van der Waals surface area contributed by atoms with Crippen molar-refractivity contribution in [1.82, 2.24) is 25.5 Å². The fourth-order valence-electron chi connectivity index (χ4n) is 11.1. The zero-order valence-corrected chi connectivity index (χ0v) is 46.2. The van der Waals surface area contributed by atoms with Crippen LogP contribution in [-0.4, -0.2) is 167 Å². The molecule has 75 heavy (non-hydrogen) atoms. The summed E-state index contributed by atoms with van der Waals surface area (Å²) in [6.07, 6.45) is 12.3. The number of aromatic amines is 1. The maximum Gasteiger partial charge on any atom is 0.329 e. The number of allylic oxidation sites excluding steroid dienone is 6. The predicted molar refractivity (Wildman–Crippen MR) is 278 cm³/mol. The van der Waals surface area contributed by atoms with Gasteiger partial charge in [0, 0.05) is 64.9 Å². The van der Waals surface area contributed by atoms with Gasteiger partial charge < -0.3 is 48.3 Å². The molecule has 4 heterocycles. The first-order valence-electron chi connectivity index (χ1n) is 27.2. The number of amides is 1. The molecular weight excluding hydrogens is 967 g/mol. The monoisotopic (exact) mass is 1050 g/mol. The number of rotatable bonds is 13. The Balaban J connectivity index is 1.44. The minimum absolute atomic E-state index is 0.00184. The molecule has 3 N–H and O–H groups in total. The molecule has 15 atom stereocenters. The van der Waals surface area contributed by atoms with Gasteiger partial charge in [0.25, 0.3) is 11.7 Å². The lowest BCUT2D eigenvalue weighted by Crippen LogP contribution is -2.61. The van der Waals surface area contributed by atoms with Crippen molar-refractivity contribution in [2.24, 2.45) is 35.5 Å². The Morgan fingerprint density at radius 2 is 1.64 bits per heavy atom. The fraction of sp³-hybridized carbons (Fsp3) is 0.750. The first-order chi connectivity index (χ1) is 35.8. The van der Waals surface area contributed by atoms with Crippen LogP contribution in [0.1, 0.15) is 131 Å². The molecule has 0 spiro atoms. The Morgan fingerprint density at radius 1 is 0.867 bits per heavy atom. The molecule has 1 saturated carbocycles. The number of ether oxygens (including phenoxy) is 7. The summed E-state index contributed by atoms with van der Waals surface area (Å²) in [6, 6.07) is -1.16. The highest BCUT2D eigenvalue weighted by molar-refractivity contribution is 6.39. The van der Waals surface area contributed by atoms with Crippen molar-refractivity contribution in [3.05, 3.63) is 53.4 Å². The standard InChI is InChI=1S/C56H87N5O14/c1-34-16-12-11-13-17-35(2)46(73-27-26-69-8)32-42-21-19-40(7)56(68,75-42)53(65)54(66)61-24-15-14-18-43(61)55(67)74-47(33-44(62)36(3)29-39(6)51(64)52(71-10)50(63)38(5)28-34)37(4)30-41-20-22-45(48(31-41)70-9)72-25-23-49-57-59-60-58-49/h11-13,16-17,29,34,36-38,40-43,45-48,51-52,64,68H,14-15,18-28,30-33H2,1-10H3,(H,57,58,59,60)/b13-11+,16-12+,35-17+,39-29+. The second kappa shape index (κ2) is 30.0. The molecule has 420 valence electrons. The van der Waals surface area contributed by atoms with Gasteiger partial charge in [0.15, 0.2) is 11.6 Å². The number of nitrogens with one attached hydrogen (secondary N) is 1. The molecule has 19 nitrogen and oxygen atoms in total. The molecule has 1 aliphatic carbocycles. The first-order valence-corrected chi connectivity index (χ1v) is 27.2. The Morgan fingerprint density at radius 3 is 2.35 bits per heavy atom. The third-order valence-electron chi connectivity index (χ3n) is 15.8. The maximum absolute atomic E-state index is 14.6. The molecule has 1 aromatic rings. The predicted octanol–water partition coefficient (Wildman–Crippen LogP) is 5.98. The minimum atomic E-state index is -2.47. The van der Waals surface area contributed by atoms with Gasteiger partial charge in [-0.25, -0.2) is 4.79 Å². The number of hydrogen-bond donors (Lipinski definition) is 3. The molecule has 2 bridgehead atoms. The molecule has 4 aliphatic rings. The lowest BCUT2D eigenvalue weighted by atomic mass is 9.78. The molecule has 5 rings (SSSR count). The summed E-state index contributed by atoms with van der Waals surface area (Å²) in [7, 11) is 4.62. The van der Waals surface area contributed by atoms with Crippen molar-refractivity contribution in [3.8, 4) is 0 Å². The van der Waals surface area contributed by atoms with Gasteiger partial charge in [-0.05, 0) is 107 Å². The van der Waals surface area contributed by atoms with Crippen molar-refractivity contribution in [2.45, 2.75) is 186 Å². The normalized spacial score (nSPS) is 36.6. The Labute approximate surface area is 443 Å². The van der Waals surface area contributed by atoms with Crippen LogP contribution in [0, 0.1) is 35.5 Å². The van der Waals surface area contributed by atoms with Crippen LogP contribution < -0.4 is 0 Å². The number of nitrogens with zero attached hydrogens (tertiary/aromatic N) is 4. The Bertz CT molecular complexity index is 2130. The number of aromatic nitrogens is 4. The number of ketones is 3. The smallest absolute Gasteiger partial charge is 0.329 e. The second-order valence-electron chi connectivity index (χ2n) is 21.6. The minimum Gasteiger partial charge on any atom is -0.460 e. The average Bonchev–Trinajstić information content (AvgIpc) is 3.92. The fourth-order valence-corrected chi connectivity index (χ4v) is 11.1. The number of esters is 1. The van der Waals surface area contributed by atoms with Gasteiger partial charge in [-0.15, -0.1) is 10.2 Å². The highest BCUT2D eigenvalue weighted by Crippen LogP contribution is 2.38. The number of piperidine rings is 1. The van der Waals surface area contributed by atoms with Crippen LogP contribution in [0.25, 0.3) is 0 Å². The number of cyclic esters (lactones) is 1. The van der Waals surface area contributed by atoms with E-state index in [4.69, 9.17) is 33.2 Å². The van der Waals surface area contributed by atoms with Gasteiger partial charge in [-0.2, -0.15) is 5.21 Å². The number of tetrazole rings is 1. The summed E-state index contributed by atoms with van der Waals surface area (Å²) in [4.78, 5) is 72.9. The topological polar surface area (TPSA) is 248 Å². The zero-order chi connectivity index (χ0) is 54.8. The zero-order valence-electron chi connectivity index (χ0n) is 46.2. The Kier molecular flexibility index (Phi) is 24.6. The number of Topliss-reactive ketones (excluding diaryl/α,β-unsaturated/α-hetero) is 3. The molecule has 2 saturated heterocycles. The van der Waals surface area contributed by atoms with Crippen molar-refractivity contribution >= 4 is 29.2 Å². The summed E-state index contributed by atoms with van der Waals surface area (Å²) in [5.41, 5.74) is 1.24. The van der Waals surface area contributed by atoms with Gasteiger partial charge >= 0.3 is 5.97 Å². The molecule has 19 heteroatoms. The lowest BCUT2D eigenvalue weighted by Gasteiger charge is -2.43. The van der Waals surface area contributed by atoms with E-state index in [0.717, 1.165) is 12.0 Å². The van der Waals surface area contributed by atoms with Crippen LogP contribution in [0.2, 0.25) is 0 Å². The number of aliphatic hydroxyl groups excluding tert-OH is 1. The van der Waals surface area contributed by atoms with E-state index in [-0.39, 0.29) is 73.9 Å². The summed E-state index contributed by atoms with van der Waals surface area (Å²) in [6.45, 7) is 13.8. The lowest BCUT2D eigenvalue weighted by molar-refractivity contribution is -0.266. The van der Waals surface area contributed by atoms with Crippen molar-refractivity contribution < 1.29 is 67.3 Å². The average molecular weight is 1050 g/mol. The van der Waals surface area contributed by atoms with E-state index < -0.39 is 77.8 Å². The van der Waals surface area contributed by atoms with Crippen LogP contribution in [-0.2, 0) is 63.6 Å². The molecule has 0 radical (unpaired) electrons. The van der Waals surface area contributed by atoms with Crippen LogP contribution in [0.4, 0.5) is 0 Å². The number of carbonyl (C=O) groups excluding carboxylic acids is 5. The van der Waals surface area contributed by atoms with E-state index in [0.29, 0.717) is 82.4 Å². The number of carbonyl (C=O) groups is 5. The van der Waals surface area contributed by atoms with Gasteiger partial charge in [0.05, 0.1) is 44.2 Å². The number of fused-ring (bicyclic) bond motifs is 3. The summed E-state index contributed by atoms with van der Waals surface area (Å²) in [5, 5.41) is 37.7. The number of methoxy groups -OCH3 is 3. The molecule has 3 fully saturated rings. The van der Waals surface area contributed by atoms with Gasteiger partial charge in [0.1, 0.15) is 30.1 Å². The van der Waals surface area contributed by atoms with Crippen LogP contribution in [0.15, 0.2) is 47.6 Å². The Hall–Kier alpha value is -4.34. The van der Waals surface area contributed by atoms with E-state index in [2.05, 4.69) is 20.6 Å². The highest BCUT2D eigenvalue weighted by atomic mass is 16.6. The summed E-state index contributed by atoms with van der Waals surface area (Å²) < 4.78 is 41.9. The molecule has 15 unspecified atom stereocenters. The molecule has 3 aliphatic heterocycles. The van der Waals surface area contributed by atoms with Crippen LogP contribution in [0.3, 0.4) is 0 Å². The van der Waals surface area contributed by atoms with Crippen molar-refractivity contribution in [3.63, 3.8) is 0 Å². The summed E-state index contributed by atoms with van der Waals surface area (Å²) >= 11 is 0. The first kappa shape index (κ1) is 61.5. The number of H-pyrrole nitrogens is 1. The summed E-state index contributed by atoms with van der Waals surface area (Å²) in [5.74, 6) is -7.56. The van der Waals surface area contributed by atoms with Gasteiger partial charge in [0.2, 0.25) is 5.79 Å². The molecular formula is C56H87N5O14.